The van der Waals surface area contributed by atoms with Crippen molar-refractivity contribution in [2.45, 2.75) is 18.6 Å². The molecule has 0 radical (unpaired) electrons. The van der Waals surface area contributed by atoms with Gasteiger partial charge in [-0.1, -0.05) is 36.0 Å². The predicted molar refractivity (Wildman–Crippen MR) is 109 cm³/mol. The van der Waals surface area contributed by atoms with E-state index in [1.54, 1.807) is 11.6 Å². The van der Waals surface area contributed by atoms with Gasteiger partial charge in [0.1, 0.15) is 11.6 Å². The van der Waals surface area contributed by atoms with E-state index in [0.717, 1.165) is 27.9 Å². The number of para-hydroxylation sites is 1. The molecule has 142 valence electrons. The summed E-state index contributed by atoms with van der Waals surface area (Å²) in [5.74, 6) is 1.64. The summed E-state index contributed by atoms with van der Waals surface area (Å²) in [6, 6.07) is 15.4. The minimum atomic E-state index is -0.0687. The fourth-order valence-corrected chi connectivity index (χ4v) is 3.63. The normalized spacial score (nSPS) is 11.1. The van der Waals surface area contributed by atoms with Crippen molar-refractivity contribution in [2.75, 3.05) is 12.9 Å². The summed E-state index contributed by atoms with van der Waals surface area (Å²) in [7, 11) is 1.63. The second kappa shape index (κ2) is 7.85. The van der Waals surface area contributed by atoms with Gasteiger partial charge in [-0.2, -0.15) is 4.52 Å². The van der Waals surface area contributed by atoms with Gasteiger partial charge in [-0.25, -0.2) is 9.97 Å². The van der Waals surface area contributed by atoms with Crippen LogP contribution in [0.25, 0.3) is 16.6 Å². The molecule has 2 aromatic carbocycles. The van der Waals surface area contributed by atoms with Crippen molar-refractivity contribution in [1.29, 1.82) is 0 Å². The van der Waals surface area contributed by atoms with Crippen molar-refractivity contribution in [3.8, 4) is 5.75 Å². The number of rotatable bonds is 6. The molecule has 0 spiro atoms. The van der Waals surface area contributed by atoms with Gasteiger partial charge in [0.2, 0.25) is 5.91 Å². The number of aryl methyl sites for hydroxylation is 1. The van der Waals surface area contributed by atoms with Crippen LogP contribution in [0.4, 0.5) is 0 Å². The van der Waals surface area contributed by atoms with Gasteiger partial charge in [0.05, 0.1) is 18.4 Å². The maximum atomic E-state index is 12.3. The van der Waals surface area contributed by atoms with Crippen LogP contribution in [0.1, 0.15) is 11.4 Å². The van der Waals surface area contributed by atoms with E-state index in [9.17, 15) is 4.79 Å². The Hall–Kier alpha value is -3.13. The zero-order valence-corrected chi connectivity index (χ0v) is 16.4. The average Bonchev–Trinajstić information content (AvgIpc) is 3.12. The molecular weight excluding hydrogens is 374 g/mol. The van der Waals surface area contributed by atoms with E-state index in [0.29, 0.717) is 17.5 Å². The lowest BCUT2D eigenvalue weighted by atomic mass is 10.2. The van der Waals surface area contributed by atoms with Crippen LogP contribution < -0.4 is 10.1 Å². The van der Waals surface area contributed by atoms with Crippen LogP contribution in [0.3, 0.4) is 0 Å². The highest BCUT2D eigenvalue weighted by atomic mass is 32.2. The third kappa shape index (κ3) is 3.77. The Morgan fingerprint density at radius 3 is 2.71 bits per heavy atom. The maximum Gasteiger partial charge on any atom is 0.230 e. The molecule has 1 amide bonds. The highest BCUT2D eigenvalue weighted by molar-refractivity contribution is 7.99. The van der Waals surface area contributed by atoms with Crippen LogP contribution in [-0.4, -0.2) is 38.4 Å². The quantitative estimate of drug-likeness (QED) is 0.401. The maximum absolute atomic E-state index is 12.3. The number of methoxy groups -OCH3 is 1. The molecule has 0 fully saturated rings. The first-order valence-electron chi connectivity index (χ1n) is 8.78. The molecule has 4 rings (SSSR count). The van der Waals surface area contributed by atoms with E-state index in [-0.39, 0.29) is 11.7 Å². The van der Waals surface area contributed by atoms with Crippen molar-refractivity contribution in [3.63, 3.8) is 0 Å². The molecule has 4 aromatic rings. The molecule has 0 saturated heterocycles. The fourth-order valence-electron chi connectivity index (χ4n) is 2.85. The first-order chi connectivity index (χ1) is 13.6. The van der Waals surface area contributed by atoms with Crippen LogP contribution in [0.2, 0.25) is 0 Å². The molecule has 8 heteroatoms. The lowest BCUT2D eigenvalue weighted by Crippen LogP contribution is -2.24. The van der Waals surface area contributed by atoms with E-state index in [1.807, 2.05) is 55.5 Å². The minimum Gasteiger partial charge on any atom is -0.497 e. The number of carbonyl (C=O) groups excluding carboxylic acids is 1. The summed E-state index contributed by atoms with van der Waals surface area (Å²) in [4.78, 5) is 21.5. The van der Waals surface area contributed by atoms with Crippen molar-refractivity contribution in [3.05, 3.63) is 59.9 Å². The number of nitrogens with one attached hydrogen (secondary N) is 1. The van der Waals surface area contributed by atoms with Gasteiger partial charge in [-0.15, -0.1) is 5.10 Å². The standard InChI is InChI=1S/C20H19N5O2S/c1-13-22-19-16-5-3-4-6-17(16)23-20(25(19)24-13)28-12-18(26)21-11-14-7-9-15(27-2)10-8-14/h3-10H,11-12H2,1-2H3,(H,21,26). The van der Waals surface area contributed by atoms with Crippen LogP contribution >= 0.6 is 11.8 Å². The molecule has 0 aliphatic heterocycles. The lowest BCUT2D eigenvalue weighted by Gasteiger charge is -2.08. The molecule has 7 nitrogen and oxygen atoms in total. The van der Waals surface area contributed by atoms with Crippen LogP contribution in [0, 0.1) is 6.92 Å². The smallest absolute Gasteiger partial charge is 0.230 e. The minimum absolute atomic E-state index is 0.0687. The molecule has 0 saturated carbocycles. The zero-order valence-electron chi connectivity index (χ0n) is 15.5. The Balaban J connectivity index is 1.46. The largest absolute Gasteiger partial charge is 0.497 e. The average molecular weight is 393 g/mol. The third-order valence-corrected chi connectivity index (χ3v) is 5.17. The number of fused-ring (bicyclic) bond motifs is 3. The molecular formula is C20H19N5O2S. The number of amides is 1. The van der Waals surface area contributed by atoms with Gasteiger partial charge >= 0.3 is 0 Å². The van der Waals surface area contributed by atoms with Gasteiger partial charge in [-0.05, 0) is 36.8 Å². The number of ether oxygens (including phenoxy) is 1. The van der Waals surface area contributed by atoms with Gasteiger partial charge in [0, 0.05) is 11.9 Å². The summed E-state index contributed by atoms with van der Waals surface area (Å²) >= 11 is 1.34. The zero-order chi connectivity index (χ0) is 19.5. The Morgan fingerprint density at radius 2 is 1.93 bits per heavy atom. The van der Waals surface area contributed by atoms with E-state index in [2.05, 4.69) is 20.4 Å². The predicted octanol–water partition coefficient (Wildman–Crippen LogP) is 3.00. The molecule has 0 bridgehead atoms. The summed E-state index contributed by atoms with van der Waals surface area (Å²) in [5.41, 5.74) is 2.60. The molecule has 2 aromatic heterocycles. The van der Waals surface area contributed by atoms with Gasteiger partial charge < -0.3 is 10.1 Å². The number of aromatic nitrogens is 4. The number of hydrogen-bond acceptors (Lipinski definition) is 6. The van der Waals surface area contributed by atoms with E-state index < -0.39 is 0 Å². The molecule has 0 aliphatic carbocycles. The molecule has 0 aliphatic rings. The summed E-state index contributed by atoms with van der Waals surface area (Å²) in [5, 5.41) is 8.94. The molecule has 2 heterocycles. The van der Waals surface area contributed by atoms with Crippen molar-refractivity contribution in [1.82, 2.24) is 24.9 Å². The van der Waals surface area contributed by atoms with Crippen LogP contribution in [0.15, 0.2) is 53.7 Å². The Morgan fingerprint density at radius 1 is 1.14 bits per heavy atom. The molecule has 1 N–H and O–H groups in total. The lowest BCUT2D eigenvalue weighted by molar-refractivity contribution is -0.118. The molecule has 28 heavy (non-hydrogen) atoms. The topological polar surface area (TPSA) is 81.4 Å². The SMILES string of the molecule is COc1ccc(CNC(=O)CSc2nc3ccccc3c3nc(C)nn23)cc1. The van der Waals surface area contributed by atoms with Crippen LogP contribution in [-0.2, 0) is 11.3 Å². The van der Waals surface area contributed by atoms with Crippen molar-refractivity contribution >= 4 is 34.2 Å². The third-order valence-electron chi connectivity index (χ3n) is 4.24. The Labute approximate surface area is 166 Å². The number of hydrogen-bond donors (Lipinski definition) is 1. The monoisotopic (exact) mass is 393 g/mol. The Bertz CT molecular complexity index is 1140. The Kier molecular flexibility index (Phi) is 5.12. The number of carbonyl (C=O) groups is 1. The summed E-state index contributed by atoms with van der Waals surface area (Å²) in [6.45, 7) is 2.31. The van der Waals surface area contributed by atoms with Crippen molar-refractivity contribution in [2.24, 2.45) is 0 Å². The van der Waals surface area contributed by atoms with Crippen molar-refractivity contribution < 1.29 is 9.53 Å². The number of nitrogens with zero attached hydrogens (tertiary/aromatic N) is 4. The van der Waals surface area contributed by atoms with E-state index in [4.69, 9.17) is 4.74 Å². The molecule has 0 unspecified atom stereocenters. The highest BCUT2D eigenvalue weighted by Gasteiger charge is 2.13. The van der Waals surface area contributed by atoms with Gasteiger partial charge in [0.25, 0.3) is 0 Å². The van der Waals surface area contributed by atoms with Crippen LogP contribution in [0.5, 0.6) is 5.75 Å². The summed E-state index contributed by atoms with van der Waals surface area (Å²) in [6.07, 6.45) is 0. The second-order valence-corrected chi connectivity index (χ2v) is 7.16. The first-order valence-corrected chi connectivity index (χ1v) is 9.77. The number of benzene rings is 2. The van der Waals surface area contributed by atoms with Gasteiger partial charge in [-0.3, -0.25) is 4.79 Å². The van der Waals surface area contributed by atoms with E-state index >= 15 is 0 Å². The molecule has 0 atom stereocenters. The summed E-state index contributed by atoms with van der Waals surface area (Å²) < 4.78 is 6.85. The van der Waals surface area contributed by atoms with Gasteiger partial charge in [0.15, 0.2) is 10.8 Å². The number of thioether (sulfide) groups is 1. The highest BCUT2D eigenvalue weighted by Crippen LogP contribution is 2.23. The first kappa shape index (κ1) is 18.2. The second-order valence-electron chi connectivity index (χ2n) is 6.22. The van der Waals surface area contributed by atoms with E-state index in [1.165, 1.54) is 11.8 Å². The fraction of sp³-hybridized carbons (Fsp3) is 0.200.